The van der Waals surface area contributed by atoms with Gasteiger partial charge in [-0.15, -0.1) is 0 Å². The van der Waals surface area contributed by atoms with Gasteiger partial charge in [0.05, 0.1) is 25.1 Å². The minimum Gasteiger partial charge on any atom is -0.493 e. The molecule has 0 heterocycles. The summed E-state index contributed by atoms with van der Waals surface area (Å²) in [6.07, 6.45) is 0.546. The summed E-state index contributed by atoms with van der Waals surface area (Å²) in [4.78, 5) is 10.8. The minimum absolute atomic E-state index is 0.130. The van der Waals surface area contributed by atoms with Crippen molar-refractivity contribution in [1.29, 1.82) is 0 Å². The first-order valence-electron chi connectivity index (χ1n) is 5.86. The maximum Gasteiger partial charge on any atom is 0.305 e. The maximum absolute atomic E-state index is 10.8. The van der Waals surface area contributed by atoms with Crippen LogP contribution in [0.3, 0.4) is 0 Å². The van der Waals surface area contributed by atoms with Gasteiger partial charge in [-0.05, 0) is 34.0 Å². The van der Waals surface area contributed by atoms with E-state index in [4.69, 9.17) is 20.3 Å². The van der Waals surface area contributed by atoms with Gasteiger partial charge in [0.15, 0.2) is 11.5 Å². The molecule has 1 atom stereocenters. The fourth-order valence-corrected chi connectivity index (χ4v) is 2.65. The summed E-state index contributed by atoms with van der Waals surface area (Å²) in [6.45, 7) is 1.96. The molecule has 0 aromatic heterocycles. The Bertz CT molecular complexity index is 476. The van der Waals surface area contributed by atoms with E-state index in [-0.39, 0.29) is 6.42 Å². The molecule has 6 heteroatoms. The molecule has 0 saturated carbocycles. The Kier molecular flexibility index (Phi) is 5.62. The third-order valence-electron chi connectivity index (χ3n) is 2.88. The number of ether oxygens (including phenoxy) is 2. The number of carbonyl (C=O) groups is 1. The van der Waals surface area contributed by atoms with E-state index in [0.29, 0.717) is 22.4 Å². The molecule has 3 N–H and O–H groups in total. The number of hydrogen-bond acceptors (Lipinski definition) is 4. The molecule has 0 saturated heterocycles. The SMILES string of the molecule is CCc1c(C(N)CC(=O)O)cc(Br)c(OC)c1OC. The molecule has 1 aromatic carbocycles. The van der Waals surface area contributed by atoms with Crippen molar-refractivity contribution < 1.29 is 19.4 Å². The highest BCUT2D eigenvalue weighted by atomic mass is 79.9. The van der Waals surface area contributed by atoms with Crippen LogP contribution in [0.1, 0.15) is 30.5 Å². The third kappa shape index (κ3) is 3.39. The number of rotatable bonds is 6. The average Bonchev–Trinajstić information content (AvgIpc) is 2.36. The summed E-state index contributed by atoms with van der Waals surface area (Å²) in [5, 5.41) is 8.86. The molecule has 1 unspecified atom stereocenters. The van der Waals surface area contributed by atoms with Gasteiger partial charge in [-0.25, -0.2) is 0 Å². The van der Waals surface area contributed by atoms with Crippen molar-refractivity contribution in [2.24, 2.45) is 5.73 Å². The summed E-state index contributed by atoms with van der Waals surface area (Å²) in [5.74, 6) is 0.251. The van der Waals surface area contributed by atoms with Gasteiger partial charge in [-0.2, -0.15) is 0 Å². The molecule has 1 aromatic rings. The van der Waals surface area contributed by atoms with Crippen LogP contribution in [0.15, 0.2) is 10.5 Å². The highest BCUT2D eigenvalue weighted by molar-refractivity contribution is 9.10. The number of nitrogens with two attached hydrogens (primary N) is 1. The molecule has 0 spiro atoms. The van der Waals surface area contributed by atoms with Gasteiger partial charge >= 0.3 is 5.97 Å². The van der Waals surface area contributed by atoms with Crippen molar-refractivity contribution in [3.05, 3.63) is 21.7 Å². The van der Waals surface area contributed by atoms with Crippen LogP contribution in [0.4, 0.5) is 0 Å². The van der Waals surface area contributed by atoms with Crippen molar-refractivity contribution in [2.45, 2.75) is 25.8 Å². The fraction of sp³-hybridized carbons (Fsp3) is 0.462. The molecule has 5 nitrogen and oxygen atoms in total. The quantitative estimate of drug-likeness (QED) is 0.836. The van der Waals surface area contributed by atoms with Crippen LogP contribution < -0.4 is 15.2 Å². The third-order valence-corrected chi connectivity index (χ3v) is 3.47. The summed E-state index contributed by atoms with van der Waals surface area (Å²) < 4.78 is 11.4. The van der Waals surface area contributed by atoms with Crippen molar-refractivity contribution in [1.82, 2.24) is 0 Å². The van der Waals surface area contributed by atoms with Crippen LogP contribution in [0.25, 0.3) is 0 Å². The highest BCUT2D eigenvalue weighted by Gasteiger charge is 2.22. The second kappa shape index (κ2) is 6.77. The molecular weight excluding hydrogens is 314 g/mol. The number of halogens is 1. The molecule has 0 radical (unpaired) electrons. The van der Waals surface area contributed by atoms with Gasteiger partial charge in [-0.3, -0.25) is 4.79 Å². The lowest BCUT2D eigenvalue weighted by Crippen LogP contribution is -2.17. The van der Waals surface area contributed by atoms with Gasteiger partial charge in [0.2, 0.25) is 0 Å². The Morgan fingerprint density at radius 3 is 2.42 bits per heavy atom. The first-order chi connectivity index (χ1) is 8.96. The van der Waals surface area contributed by atoms with Crippen LogP contribution in [0.2, 0.25) is 0 Å². The zero-order valence-corrected chi connectivity index (χ0v) is 12.8. The maximum atomic E-state index is 10.8. The standard InChI is InChI=1S/C13H18BrNO4/c1-4-7-8(10(15)6-11(16)17)5-9(14)13(19-3)12(7)18-2/h5,10H,4,6,15H2,1-3H3,(H,16,17). The summed E-state index contributed by atoms with van der Waals surface area (Å²) in [6, 6.07) is 1.22. The molecule has 106 valence electrons. The molecule has 1 rings (SSSR count). The number of hydrogen-bond donors (Lipinski definition) is 2. The van der Waals surface area contributed by atoms with E-state index in [2.05, 4.69) is 15.9 Å². The minimum atomic E-state index is -0.930. The van der Waals surface area contributed by atoms with E-state index < -0.39 is 12.0 Å². The summed E-state index contributed by atoms with van der Waals surface area (Å²) in [5.41, 5.74) is 7.59. The monoisotopic (exact) mass is 331 g/mol. The average molecular weight is 332 g/mol. The lowest BCUT2D eigenvalue weighted by Gasteiger charge is -2.20. The van der Waals surface area contributed by atoms with Crippen molar-refractivity contribution in [3.63, 3.8) is 0 Å². The summed E-state index contributed by atoms with van der Waals surface area (Å²) >= 11 is 3.39. The van der Waals surface area contributed by atoms with Crippen LogP contribution in [-0.2, 0) is 11.2 Å². The lowest BCUT2D eigenvalue weighted by atomic mass is 9.95. The van der Waals surface area contributed by atoms with E-state index in [0.717, 1.165) is 11.1 Å². The van der Waals surface area contributed by atoms with Gasteiger partial charge in [0, 0.05) is 11.6 Å². The molecule has 0 aliphatic rings. The topological polar surface area (TPSA) is 81.8 Å². The molecule has 0 amide bonds. The van der Waals surface area contributed by atoms with Crippen molar-refractivity contribution in [2.75, 3.05) is 14.2 Å². The zero-order valence-electron chi connectivity index (χ0n) is 11.2. The van der Waals surface area contributed by atoms with E-state index >= 15 is 0 Å². The lowest BCUT2D eigenvalue weighted by molar-refractivity contribution is -0.137. The Labute approximate surface area is 120 Å². The molecule has 0 fully saturated rings. The number of benzene rings is 1. The van der Waals surface area contributed by atoms with Crippen LogP contribution in [0.5, 0.6) is 11.5 Å². The van der Waals surface area contributed by atoms with Gasteiger partial charge in [0.25, 0.3) is 0 Å². The van der Waals surface area contributed by atoms with Crippen molar-refractivity contribution in [3.8, 4) is 11.5 Å². The number of aliphatic carboxylic acids is 1. The molecule has 0 bridgehead atoms. The fourth-order valence-electron chi connectivity index (χ4n) is 2.07. The van der Waals surface area contributed by atoms with E-state index in [1.165, 1.54) is 0 Å². The van der Waals surface area contributed by atoms with Gasteiger partial charge in [0.1, 0.15) is 0 Å². The smallest absolute Gasteiger partial charge is 0.305 e. The van der Waals surface area contributed by atoms with E-state index in [1.54, 1.807) is 20.3 Å². The summed E-state index contributed by atoms with van der Waals surface area (Å²) in [7, 11) is 3.11. The Morgan fingerprint density at radius 2 is 2.00 bits per heavy atom. The molecule has 19 heavy (non-hydrogen) atoms. The Hall–Kier alpha value is -1.27. The van der Waals surface area contributed by atoms with Crippen LogP contribution in [-0.4, -0.2) is 25.3 Å². The second-order valence-electron chi connectivity index (χ2n) is 4.05. The van der Waals surface area contributed by atoms with Crippen LogP contribution >= 0.6 is 15.9 Å². The Morgan fingerprint density at radius 1 is 1.42 bits per heavy atom. The first kappa shape index (κ1) is 15.8. The number of carboxylic acid groups (broad SMARTS) is 1. The predicted octanol–water partition coefficient (Wildman–Crippen LogP) is 2.50. The van der Waals surface area contributed by atoms with Crippen molar-refractivity contribution >= 4 is 21.9 Å². The molecule has 0 aliphatic carbocycles. The Balaban J connectivity index is 3.39. The van der Waals surface area contributed by atoms with Gasteiger partial charge < -0.3 is 20.3 Å². The predicted molar refractivity (Wildman–Crippen MR) is 75.8 cm³/mol. The number of carboxylic acids is 1. The molecular formula is C13H18BrNO4. The number of methoxy groups -OCH3 is 2. The normalized spacial score (nSPS) is 12.1. The molecule has 0 aliphatic heterocycles. The van der Waals surface area contributed by atoms with E-state index in [9.17, 15) is 4.79 Å². The first-order valence-corrected chi connectivity index (χ1v) is 6.66. The largest absolute Gasteiger partial charge is 0.493 e. The van der Waals surface area contributed by atoms with Gasteiger partial charge in [-0.1, -0.05) is 6.92 Å². The second-order valence-corrected chi connectivity index (χ2v) is 4.90. The van der Waals surface area contributed by atoms with Crippen LogP contribution in [0, 0.1) is 0 Å². The van der Waals surface area contributed by atoms with E-state index in [1.807, 2.05) is 6.92 Å². The highest BCUT2D eigenvalue weighted by Crippen LogP contribution is 2.42. The zero-order chi connectivity index (χ0) is 14.6.